The van der Waals surface area contributed by atoms with Crippen LogP contribution in [0.2, 0.25) is 0 Å². The molecule has 0 bridgehead atoms. The number of hydrogen-bond donors (Lipinski definition) is 10. The predicted molar refractivity (Wildman–Crippen MR) is 261 cm³/mol. The summed E-state index contributed by atoms with van der Waals surface area (Å²) in [7, 11) is -16.8. The lowest BCUT2D eigenvalue weighted by molar-refractivity contribution is -0.0507. The molecule has 11 N–H and O–H groups in total. The Morgan fingerprint density at radius 2 is 1.70 bits per heavy atom. The molecule has 2 amide bonds. The fourth-order valence-electron chi connectivity index (χ4n) is 9.63. The van der Waals surface area contributed by atoms with Crippen LogP contribution in [0.4, 0.5) is 16.3 Å². The highest BCUT2D eigenvalue weighted by molar-refractivity contribution is 7.70. The molecule has 0 radical (unpaired) electrons. The number of nitrogens with two attached hydrogens (primary N) is 1. The maximum atomic E-state index is 13.9. The number of aliphatic hydroxyl groups is 1. The first-order valence-electron chi connectivity index (χ1n) is 23.3. The Hall–Kier alpha value is -6.18. The van der Waals surface area contributed by atoms with Gasteiger partial charge in [-0.3, -0.25) is 13.9 Å². The van der Waals surface area contributed by atoms with Crippen LogP contribution in [0.3, 0.4) is 0 Å². The van der Waals surface area contributed by atoms with E-state index in [1.165, 1.54) is 29.1 Å². The smallest absolute Gasteiger partial charge is 0.478 e. The minimum Gasteiger partial charge on any atom is -0.478 e. The monoisotopic (exact) mass is 1090 g/mol. The number of nitrogens with zero attached hydrogens (tertiary/aromatic N) is 6. The second-order valence-corrected chi connectivity index (χ2v) is 22.3. The van der Waals surface area contributed by atoms with Crippen LogP contribution >= 0.6 is 23.3 Å². The van der Waals surface area contributed by atoms with E-state index in [4.69, 9.17) is 34.3 Å². The van der Waals surface area contributed by atoms with Crippen LogP contribution in [0.25, 0.3) is 16.7 Å². The van der Waals surface area contributed by atoms with Gasteiger partial charge in [-0.05, 0) is 74.6 Å². The van der Waals surface area contributed by atoms with Crippen molar-refractivity contribution < 1.29 is 80.9 Å². The topological polar surface area (TPSA) is 382 Å². The van der Waals surface area contributed by atoms with Gasteiger partial charge in [-0.1, -0.05) is 0 Å². The lowest BCUT2D eigenvalue weighted by Gasteiger charge is -2.32. The number of carbonyl (C=O) groups is 3. The molecular formula is C44H52N10O17P3+. The number of imidazole rings is 1. The van der Waals surface area contributed by atoms with E-state index in [-0.39, 0.29) is 41.2 Å². The Labute approximate surface area is 420 Å². The quantitative estimate of drug-likeness (QED) is 0.0350. The second kappa shape index (κ2) is 20.9. The first kappa shape index (κ1) is 52.7. The Balaban J connectivity index is 0.938. The summed E-state index contributed by atoms with van der Waals surface area (Å²) in [6.45, 7) is 5.97. The van der Waals surface area contributed by atoms with Crippen LogP contribution in [0, 0.1) is 0 Å². The molecule has 6 atom stereocenters. The van der Waals surface area contributed by atoms with Crippen molar-refractivity contribution in [2.45, 2.75) is 64.1 Å². The van der Waals surface area contributed by atoms with Gasteiger partial charge in [-0.25, -0.2) is 42.8 Å². The van der Waals surface area contributed by atoms with Crippen LogP contribution in [0.15, 0.2) is 55.1 Å². The van der Waals surface area contributed by atoms with E-state index in [9.17, 15) is 48.1 Å². The first-order valence-corrected chi connectivity index (χ1v) is 28.0. The molecule has 2 unspecified atom stereocenters. The third-order valence-corrected chi connectivity index (χ3v) is 17.1. The predicted octanol–water partition coefficient (Wildman–Crippen LogP) is 1.39. The zero-order chi connectivity index (χ0) is 52.9. The largest absolute Gasteiger partial charge is 0.480 e. The van der Waals surface area contributed by atoms with Gasteiger partial charge >= 0.3 is 35.4 Å². The number of aliphatic hydroxyl groups excluding tert-OH is 1. The number of nitrogens with one attached hydrogen (secondary N) is 3. The minimum absolute atomic E-state index is 0.0353. The van der Waals surface area contributed by atoms with E-state index in [0.29, 0.717) is 33.4 Å². The number of aromatic carboxylic acids is 1. The molecule has 74 heavy (non-hydrogen) atoms. The summed E-state index contributed by atoms with van der Waals surface area (Å²) in [5, 5.41) is 28.9. The number of phosphoric ester groups is 1. The molecule has 0 spiro atoms. The van der Waals surface area contributed by atoms with Gasteiger partial charge in [0.05, 0.1) is 24.6 Å². The van der Waals surface area contributed by atoms with Crippen molar-refractivity contribution >= 4 is 69.5 Å². The van der Waals surface area contributed by atoms with Gasteiger partial charge in [0.1, 0.15) is 48.6 Å². The van der Waals surface area contributed by atoms with Crippen molar-refractivity contribution in [3.63, 3.8) is 0 Å². The Kier molecular flexibility index (Phi) is 14.8. The third-order valence-electron chi connectivity index (χ3n) is 12.9. The number of fused-ring (bicyclic) bond motifs is 5. The first-order chi connectivity index (χ1) is 35.1. The van der Waals surface area contributed by atoms with Gasteiger partial charge in [-0.2, -0.15) is 4.31 Å². The molecular weight excluding hydrogens is 1030 g/mol. The number of alkyl carbamates (subject to hydrolysis) is 1. The molecule has 2 aromatic heterocycles. The van der Waals surface area contributed by atoms with Crippen LogP contribution in [0.1, 0.15) is 75.9 Å². The number of anilines is 2. The van der Waals surface area contributed by atoms with Crippen molar-refractivity contribution in [2.24, 2.45) is 0 Å². The van der Waals surface area contributed by atoms with E-state index in [0.717, 1.165) is 85.2 Å². The highest BCUT2D eigenvalue weighted by Crippen LogP contribution is 2.61. The van der Waals surface area contributed by atoms with Crippen molar-refractivity contribution in [3.8, 4) is 11.5 Å². The van der Waals surface area contributed by atoms with Crippen LogP contribution in [0.5, 0.6) is 11.5 Å². The second-order valence-electron chi connectivity index (χ2n) is 17.6. The number of phosphoric acid groups is 1. The molecule has 3 aromatic carbocycles. The van der Waals surface area contributed by atoms with E-state index < -0.39 is 72.4 Å². The van der Waals surface area contributed by atoms with Crippen molar-refractivity contribution in [1.29, 1.82) is 0 Å². The van der Waals surface area contributed by atoms with E-state index in [2.05, 4.69) is 65.4 Å². The number of carboxylic acids is 1. The number of carbonyl (C=O) groups excluding carboxylic acids is 2. The molecule has 30 heteroatoms. The molecule has 4 aliphatic heterocycles. The summed E-state index contributed by atoms with van der Waals surface area (Å²) in [6, 6.07) is 12.4. The zero-order valence-electron chi connectivity index (χ0n) is 39.6. The van der Waals surface area contributed by atoms with Crippen LogP contribution < -0.4 is 46.0 Å². The van der Waals surface area contributed by atoms with Crippen molar-refractivity contribution in [2.75, 3.05) is 56.5 Å². The fraction of sp³-hybridized carbons (Fsp3) is 0.386. The SMILES string of the molecule is CCN1CCCc2cc3c(cc21)Oc1cc2c(cc1=C3c1cc(C(=O)NCCNC(=O)O[C@H]3[C@@H](O)[C@H](n4cnc5c(N)ncnc54)O[C@@H]3COP(=O)(O)OP(=O)(O)NP(=O)(O)O)ccc1C(=O)O)CCC[N+]=2CC. The van der Waals surface area contributed by atoms with Crippen molar-refractivity contribution in [3.05, 3.63) is 99.1 Å². The molecule has 6 heterocycles. The van der Waals surface area contributed by atoms with E-state index in [1.807, 2.05) is 12.1 Å². The molecule has 4 aliphatic rings. The van der Waals surface area contributed by atoms with Crippen LogP contribution in [-0.4, -0.2) is 131 Å². The summed E-state index contributed by atoms with van der Waals surface area (Å²) in [4.78, 5) is 93.3. The number of aryl methyl sites for hydroxylation is 2. The molecule has 27 nitrogen and oxygen atoms in total. The Bertz CT molecular complexity index is 3370. The highest BCUT2D eigenvalue weighted by atomic mass is 31.3. The number of aromatic nitrogens is 4. The summed E-state index contributed by atoms with van der Waals surface area (Å²) >= 11 is 0. The van der Waals surface area contributed by atoms with E-state index in [1.54, 1.807) is 0 Å². The van der Waals surface area contributed by atoms with Gasteiger partial charge in [0.25, 0.3) is 5.91 Å². The maximum Gasteiger partial charge on any atom is 0.480 e. The zero-order valence-corrected chi connectivity index (χ0v) is 42.2. The summed E-state index contributed by atoms with van der Waals surface area (Å²) in [5.74, 6) is -0.737. The average molecular weight is 1090 g/mol. The van der Waals surface area contributed by atoms with Gasteiger partial charge < -0.3 is 65.3 Å². The Morgan fingerprint density at radius 3 is 2.45 bits per heavy atom. The van der Waals surface area contributed by atoms with Gasteiger partial charge in [0.15, 0.2) is 23.8 Å². The van der Waals surface area contributed by atoms with E-state index >= 15 is 0 Å². The van der Waals surface area contributed by atoms with Crippen LogP contribution in [-0.2, 0) is 44.8 Å². The average Bonchev–Trinajstić information content (AvgIpc) is 3.91. The number of ether oxygens (including phenoxy) is 3. The number of rotatable bonds is 17. The minimum atomic E-state index is -5.66. The fourth-order valence-corrected chi connectivity index (χ4v) is 13.1. The summed E-state index contributed by atoms with van der Waals surface area (Å²) < 4.78 is 66.3. The number of amides is 2. The molecule has 0 aliphatic carbocycles. The lowest BCUT2D eigenvalue weighted by atomic mass is 9.85. The summed E-state index contributed by atoms with van der Waals surface area (Å²) in [6.07, 6.45) is -2.12. The highest BCUT2D eigenvalue weighted by Gasteiger charge is 2.49. The standard InChI is InChI=1S/C44H51N10O17P3/c1-3-52-13-5-7-23-15-28-32(18-30(23)52)68-33-19-31-24(8-6-14-53(31)4-2)16-29(33)35(28)27-17-25(9-10-26(27)43(57)58)41(56)46-11-12-47-44(59)70-38-34(20-67-74(65,66)71-73(63,64)51-72(60,61)62)69-42(37(38)55)54-22-50-36-39(45)48-21-49-40(36)54/h9-10,15-19,21-22,34,37-38,42,55H,3-8,11-14,20H2,1-2H3,(H9-,45,46,47,48,49,51,56,57,58,59,60,61,62,63,64,65,66)/p+1/t34-,37-,38-,42-/m1/s1. The molecule has 5 aromatic rings. The lowest BCUT2D eigenvalue weighted by Crippen LogP contribution is -2.42. The van der Waals surface area contributed by atoms with Gasteiger partial charge in [0, 0.05) is 71.8 Å². The Morgan fingerprint density at radius 1 is 0.932 bits per heavy atom. The maximum absolute atomic E-state index is 13.9. The normalized spacial score (nSPS) is 20.8. The molecule has 1 saturated heterocycles. The molecule has 9 rings (SSSR count). The number of carboxylic acid groups (broad SMARTS) is 1. The van der Waals surface area contributed by atoms with Gasteiger partial charge in [0.2, 0.25) is 5.36 Å². The third kappa shape index (κ3) is 11.0. The number of hydrogen-bond acceptors (Lipinski definition) is 17. The number of benzene rings is 3. The molecule has 394 valence electrons. The number of nitrogen functional groups attached to an aromatic ring is 1. The summed E-state index contributed by atoms with van der Waals surface area (Å²) in [5.41, 5.74) is 11.0. The molecule has 1 fully saturated rings. The van der Waals surface area contributed by atoms with Gasteiger partial charge in [-0.15, -0.1) is 4.86 Å². The van der Waals surface area contributed by atoms with Crippen molar-refractivity contribution in [1.82, 2.24) is 39.6 Å². The molecule has 0 saturated carbocycles.